The van der Waals surface area contributed by atoms with Crippen LogP contribution in [-0.2, 0) is 0 Å². The molecule has 82 valence electrons. The van der Waals surface area contributed by atoms with E-state index in [0.717, 1.165) is 11.3 Å². The van der Waals surface area contributed by atoms with Crippen LogP contribution in [0.15, 0.2) is 34.8 Å². The molecular weight excluding hydrogens is 271 g/mol. The summed E-state index contributed by atoms with van der Waals surface area (Å²) in [5, 5.41) is 0. The van der Waals surface area contributed by atoms with E-state index in [1.807, 2.05) is 6.92 Å². The Morgan fingerprint density at radius 2 is 1.94 bits per heavy atom. The summed E-state index contributed by atoms with van der Waals surface area (Å²) in [6.45, 7) is 1.81. The van der Waals surface area contributed by atoms with Crippen molar-refractivity contribution >= 4 is 21.7 Å². The van der Waals surface area contributed by atoms with Gasteiger partial charge < -0.3 is 5.73 Å². The molecule has 0 fully saturated rings. The minimum absolute atomic E-state index is 0.280. The first-order chi connectivity index (χ1) is 7.59. The molecule has 0 bridgehead atoms. The third-order valence-corrected chi connectivity index (χ3v) is 2.96. The molecule has 0 aliphatic heterocycles. The van der Waals surface area contributed by atoms with Crippen molar-refractivity contribution in [3.63, 3.8) is 0 Å². The average molecular weight is 281 g/mol. The molecule has 0 amide bonds. The molecule has 0 unspecified atom stereocenters. The Hall–Kier alpha value is -1.42. The Morgan fingerprint density at radius 1 is 1.19 bits per heavy atom. The normalized spacial score (nSPS) is 10.4. The van der Waals surface area contributed by atoms with Gasteiger partial charge in [0, 0.05) is 16.8 Å². The molecule has 2 nitrogen and oxygen atoms in total. The Balaban J connectivity index is 2.63. The van der Waals surface area contributed by atoms with Crippen LogP contribution < -0.4 is 5.73 Å². The number of hydrogen-bond donors (Lipinski definition) is 1. The van der Waals surface area contributed by atoms with E-state index in [2.05, 4.69) is 20.9 Å². The van der Waals surface area contributed by atoms with Crippen LogP contribution in [0.4, 0.5) is 10.2 Å². The lowest BCUT2D eigenvalue weighted by Crippen LogP contribution is -1.95. The number of pyridine rings is 1. The first-order valence-corrected chi connectivity index (χ1v) is 5.56. The van der Waals surface area contributed by atoms with Gasteiger partial charge in [0.15, 0.2) is 0 Å². The molecule has 0 aliphatic carbocycles. The zero-order valence-electron chi connectivity index (χ0n) is 8.67. The monoisotopic (exact) mass is 280 g/mol. The molecule has 0 radical (unpaired) electrons. The van der Waals surface area contributed by atoms with Crippen molar-refractivity contribution in [3.05, 3.63) is 46.3 Å². The van der Waals surface area contributed by atoms with E-state index in [1.165, 1.54) is 0 Å². The number of nitrogen functional groups attached to an aromatic ring is 1. The van der Waals surface area contributed by atoms with E-state index in [1.54, 1.807) is 30.3 Å². The van der Waals surface area contributed by atoms with E-state index in [0.29, 0.717) is 15.9 Å². The van der Waals surface area contributed by atoms with Gasteiger partial charge in [-0.3, -0.25) is 0 Å². The summed E-state index contributed by atoms with van der Waals surface area (Å²) in [5.41, 5.74) is 7.56. The van der Waals surface area contributed by atoms with Gasteiger partial charge in [-0.25, -0.2) is 9.37 Å². The fraction of sp³-hybridized carbons (Fsp3) is 0.0833. The lowest BCUT2D eigenvalue weighted by Gasteiger charge is -2.08. The van der Waals surface area contributed by atoms with E-state index < -0.39 is 0 Å². The lowest BCUT2D eigenvalue weighted by molar-refractivity contribution is 0.624. The standard InChI is InChI=1S/C12H10BrFN2/c1-7-8(5-6-11(15)16-7)9-3-2-4-10(13)12(9)14/h2-6H,1H3,(H2,15,16). The topological polar surface area (TPSA) is 38.9 Å². The van der Waals surface area contributed by atoms with Gasteiger partial charge in [-0.1, -0.05) is 12.1 Å². The first kappa shape index (κ1) is 11.1. The van der Waals surface area contributed by atoms with E-state index >= 15 is 0 Å². The second-order valence-corrected chi connectivity index (χ2v) is 4.32. The third-order valence-electron chi connectivity index (χ3n) is 2.35. The van der Waals surface area contributed by atoms with Crippen molar-refractivity contribution in [3.8, 4) is 11.1 Å². The molecular formula is C12H10BrFN2. The maximum Gasteiger partial charge on any atom is 0.145 e. The van der Waals surface area contributed by atoms with Gasteiger partial charge in [-0.2, -0.15) is 0 Å². The van der Waals surface area contributed by atoms with Crippen LogP contribution in [0.25, 0.3) is 11.1 Å². The molecule has 0 atom stereocenters. The highest BCUT2D eigenvalue weighted by atomic mass is 79.9. The minimum Gasteiger partial charge on any atom is -0.384 e. The average Bonchev–Trinajstić information content (AvgIpc) is 2.23. The third kappa shape index (κ3) is 1.93. The number of halogens is 2. The summed E-state index contributed by atoms with van der Waals surface area (Å²) in [5.74, 6) is 0.161. The lowest BCUT2D eigenvalue weighted by atomic mass is 10.0. The van der Waals surface area contributed by atoms with Crippen LogP contribution in [0.2, 0.25) is 0 Å². The van der Waals surface area contributed by atoms with Crippen molar-refractivity contribution in [2.75, 3.05) is 5.73 Å². The second-order valence-electron chi connectivity index (χ2n) is 3.47. The smallest absolute Gasteiger partial charge is 0.145 e. The fourth-order valence-electron chi connectivity index (χ4n) is 1.58. The molecule has 2 N–H and O–H groups in total. The summed E-state index contributed by atoms with van der Waals surface area (Å²) in [7, 11) is 0. The Kier molecular flexibility index (Phi) is 2.92. The molecule has 0 spiro atoms. The Labute approximate surface area is 101 Å². The number of aromatic nitrogens is 1. The highest BCUT2D eigenvalue weighted by Gasteiger charge is 2.10. The van der Waals surface area contributed by atoms with Crippen LogP contribution in [0.3, 0.4) is 0 Å². The van der Waals surface area contributed by atoms with E-state index in [-0.39, 0.29) is 5.82 Å². The molecule has 4 heteroatoms. The molecule has 1 aromatic heterocycles. The minimum atomic E-state index is -0.280. The van der Waals surface area contributed by atoms with Gasteiger partial charge in [0.05, 0.1) is 4.47 Å². The van der Waals surface area contributed by atoms with Crippen LogP contribution >= 0.6 is 15.9 Å². The second kappa shape index (κ2) is 4.22. The number of nitrogens with zero attached hydrogens (tertiary/aromatic N) is 1. The SMILES string of the molecule is Cc1nc(N)ccc1-c1cccc(Br)c1F. The maximum absolute atomic E-state index is 13.9. The number of benzene rings is 1. The number of anilines is 1. The number of hydrogen-bond acceptors (Lipinski definition) is 2. The predicted octanol–water partition coefficient (Wildman–Crippen LogP) is 3.54. The van der Waals surface area contributed by atoms with Crippen molar-refractivity contribution in [2.24, 2.45) is 0 Å². The quantitative estimate of drug-likeness (QED) is 0.868. The maximum atomic E-state index is 13.9. The first-order valence-electron chi connectivity index (χ1n) is 4.77. The van der Waals surface area contributed by atoms with Gasteiger partial charge in [0.2, 0.25) is 0 Å². The van der Waals surface area contributed by atoms with Crippen molar-refractivity contribution in [2.45, 2.75) is 6.92 Å². The number of rotatable bonds is 1. The molecule has 16 heavy (non-hydrogen) atoms. The van der Waals surface area contributed by atoms with Crippen LogP contribution in [0, 0.1) is 12.7 Å². The molecule has 0 saturated carbocycles. The van der Waals surface area contributed by atoms with Gasteiger partial charge in [-0.15, -0.1) is 0 Å². The highest BCUT2D eigenvalue weighted by molar-refractivity contribution is 9.10. The molecule has 1 aromatic carbocycles. The molecule has 2 aromatic rings. The van der Waals surface area contributed by atoms with Crippen molar-refractivity contribution in [1.29, 1.82) is 0 Å². The predicted molar refractivity (Wildman–Crippen MR) is 66.5 cm³/mol. The number of aryl methyl sites for hydroxylation is 1. The van der Waals surface area contributed by atoms with Gasteiger partial charge in [0.1, 0.15) is 11.6 Å². The summed E-state index contributed by atoms with van der Waals surface area (Å²) in [6, 6.07) is 8.63. The van der Waals surface area contributed by atoms with Gasteiger partial charge >= 0.3 is 0 Å². The Morgan fingerprint density at radius 3 is 2.62 bits per heavy atom. The van der Waals surface area contributed by atoms with Gasteiger partial charge in [0.25, 0.3) is 0 Å². The van der Waals surface area contributed by atoms with Crippen LogP contribution in [0.1, 0.15) is 5.69 Å². The van der Waals surface area contributed by atoms with Crippen LogP contribution in [-0.4, -0.2) is 4.98 Å². The van der Waals surface area contributed by atoms with Crippen molar-refractivity contribution in [1.82, 2.24) is 4.98 Å². The van der Waals surface area contributed by atoms with Crippen molar-refractivity contribution < 1.29 is 4.39 Å². The summed E-state index contributed by atoms with van der Waals surface area (Å²) in [6.07, 6.45) is 0. The summed E-state index contributed by atoms with van der Waals surface area (Å²) < 4.78 is 14.3. The summed E-state index contributed by atoms with van der Waals surface area (Å²) in [4.78, 5) is 4.12. The molecule has 1 heterocycles. The van der Waals surface area contributed by atoms with E-state index in [4.69, 9.17) is 5.73 Å². The summed E-state index contributed by atoms with van der Waals surface area (Å²) >= 11 is 3.16. The molecule has 0 aliphatic rings. The number of nitrogens with two attached hydrogens (primary N) is 1. The zero-order valence-corrected chi connectivity index (χ0v) is 10.3. The Bertz CT molecular complexity index is 541. The fourth-order valence-corrected chi connectivity index (χ4v) is 1.94. The zero-order chi connectivity index (χ0) is 11.7. The van der Waals surface area contributed by atoms with E-state index in [9.17, 15) is 4.39 Å². The van der Waals surface area contributed by atoms with Gasteiger partial charge in [-0.05, 0) is 41.1 Å². The molecule has 2 rings (SSSR count). The van der Waals surface area contributed by atoms with Crippen LogP contribution in [0.5, 0.6) is 0 Å². The highest BCUT2D eigenvalue weighted by Crippen LogP contribution is 2.29. The largest absolute Gasteiger partial charge is 0.384 e. The molecule has 0 saturated heterocycles.